The molecule has 0 bridgehead atoms. The molecule has 0 atom stereocenters. The number of hydrogen-bond donors (Lipinski definition) is 1. The third-order valence-electron chi connectivity index (χ3n) is 3.00. The topological polar surface area (TPSA) is 72.0 Å². The van der Waals surface area contributed by atoms with E-state index >= 15 is 0 Å². The van der Waals surface area contributed by atoms with E-state index in [9.17, 15) is 8.42 Å². The molecule has 3 rings (SSSR count). The van der Waals surface area contributed by atoms with Crippen molar-refractivity contribution in [3.05, 3.63) is 28.6 Å². The number of aryl methyl sites for hydroxylation is 1. The summed E-state index contributed by atoms with van der Waals surface area (Å²) in [6.07, 6.45) is 3.31. The predicted molar refractivity (Wildman–Crippen MR) is 78.4 cm³/mol. The van der Waals surface area contributed by atoms with Crippen LogP contribution in [0.25, 0.3) is 10.4 Å². The first-order valence-corrected chi connectivity index (χ1v) is 8.80. The highest BCUT2D eigenvalue weighted by Crippen LogP contribution is 2.31. The quantitative estimate of drug-likeness (QED) is 0.875. The van der Waals surface area contributed by atoms with Gasteiger partial charge in [-0.1, -0.05) is 11.6 Å². The van der Waals surface area contributed by atoms with Gasteiger partial charge in [0.1, 0.15) is 10.0 Å². The maximum absolute atomic E-state index is 12.3. The van der Waals surface area contributed by atoms with E-state index in [-0.39, 0.29) is 16.1 Å². The molecule has 1 saturated carbocycles. The Morgan fingerprint density at radius 1 is 1.40 bits per heavy atom. The molecule has 20 heavy (non-hydrogen) atoms. The predicted octanol–water partition coefficient (Wildman–Crippen LogP) is 2.61. The van der Waals surface area contributed by atoms with Gasteiger partial charge in [-0.15, -0.1) is 11.3 Å². The average Bonchev–Trinajstić information content (AvgIpc) is 3.08. The van der Waals surface area contributed by atoms with Crippen molar-refractivity contribution in [3.8, 4) is 10.4 Å². The summed E-state index contributed by atoms with van der Waals surface area (Å²) in [6.45, 7) is 1.87. The fourth-order valence-corrected chi connectivity index (χ4v) is 4.36. The zero-order valence-corrected chi connectivity index (χ0v) is 13.0. The Morgan fingerprint density at radius 2 is 2.15 bits per heavy atom. The summed E-state index contributed by atoms with van der Waals surface area (Å²) in [7, 11) is -3.61. The van der Waals surface area contributed by atoms with Crippen LogP contribution in [-0.2, 0) is 10.0 Å². The first kappa shape index (κ1) is 13.9. The van der Waals surface area contributed by atoms with Gasteiger partial charge in [0.2, 0.25) is 10.0 Å². The van der Waals surface area contributed by atoms with Gasteiger partial charge in [0.15, 0.2) is 0 Å². The van der Waals surface area contributed by atoms with Gasteiger partial charge in [-0.2, -0.15) is 0 Å². The van der Waals surface area contributed by atoms with Crippen molar-refractivity contribution in [2.45, 2.75) is 30.7 Å². The fourth-order valence-electron chi connectivity index (χ4n) is 1.80. The fraction of sp³-hybridized carbons (Fsp3) is 0.333. The maximum Gasteiger partial charge on any atom is 0.243 e. The molecule has 1 fully saturated rings. The van der Waals surface area contributed by atoms with Crippen LogP contribution in [0.5, 0.6) is 0 Å². The standard InChI is InChI=1S/C12H12ClN3O2S2/c1-7-11(19-6-15-7)8-4-10(12(13)14-5-8)20(17,18)16-9-2-3-9/h4-6,9,16H,2-3H2,1H3. The van der Waals surface area contributed by atoms with Crippen LogP contribution in [0.15, 0.2) is 22.7 Å². The summed E-state index contributed by atoms with van der Waals surface area (Å²) in [5.74, 6) is 0. The van der Waals surface area contributed by atoms with Gasteiger partial charge in [0.25, 0.3) is 0 Å². The first-order chi connectivity index (χ1) is 9.47. The number of halogens is 1. The molecule has 0 aromatic carbocycles. The van der Waals surface area contributed by atoms with Gasteiger partial charge in [-0.25, -0.2) is 23.1 Å². The molecule has 2 aromatic rings. The molecule has 0 saturated heterocycles. The van der Waals surface area contributed by atoms with E-state index in [1.54, 1.807) is 17.8 Å². The van der Waals surface area contributed by atoms with Crippen LogP contribution >= 0.6 is 22.9 Å². The Morgan fingerprint density at radius 3 is 2.75 bits per heavy atom. The number of nitrogens with zero attached hydrogens (tertiary/aromatic N) is 2. The van der Waals surface area contributed by atoms with Crippen molar-refractivity contribution in [3.63, 3.8) is 0 Å². The minimum atomic E-state index is -3.61. The van der Waals surface area contributed by atoms with Gasteiger partial charge in [0.05, 0.1) is 16.1 Å². The van der Waals surface area contributed by atoms with Crippen molar-refractivity contribution in [1.29, 1.82) is 0 Å². The number of pyridine rings is 1. The summed E-state index contributed by atoms with van der Waals surface area (Å²) in [5.41, 5.74) is 3.28. The Kier molecular flexibility index (Phi) is 3.53. The number of thiazole rings is 1. The molecule has 2 heterocycles. The lowest BCUT2D eigenvalue weighted by atomic mass is 10.2. The van der Waals surface area contributed by atoms with Crippen molar-refractivity contribution in [1.82, 2.24) is 14.7 Å². The second-order valence-electron chi connectivity index (χ2n) is 4.68. The Bertz CT molecular complexity index is 754. The minimum Gasteiger partial charge on any atom is -0.249 e. The van der Waals surface area contributed by atoms with Gasteiger partial charge in [-0.3, -0.25) is 0 Å². The minimum absolute atomic E-state index is 0.0101. The average molecular weight is 330 g/mol. The van der Waals surface area contributed by atoms with Crippen LogP contribution in [-0.4, -0.2) is 24.4 Å². The SMILES string of the molecule is Cc1ncsc1-c1cnc(Cl)c(S(=O)(=O)NC2CC2)c1. The van der Waals surface area contributed by atoms with Crippen LogP contribution < -0.4 is 4.72 Å². The number of hydrogen-bond acceptors (Lipinski definition) is 5. The van der Waals surface area contributed by atoms with E-state index in [0.29, 0.717) is 5.56 Å². The molecular weight excluding hydrogens is 318 g/mol. The van der Waals surface area contributed by atoms with E-state index in [1.807, 2.05) is 6.92 Å². The summed E-state index contributed by atoms with van der Waals surface area (Å²) in [6, 6.07) is 1.59. The third kappa shape index (κ3) is 2.71. The summed E-state index contributed by atoms with van der Waals surface area (Å²) >= 11 is 7.39. The molecule has 2 aromatic heterocycles. The maximum atomic E-state index is 12.3. The van der Waals surface area contributed by atoms with E-state index in [1.165, 1.54) is 11.3 Å². The van der Waals surface area contributed by atoms with Crippen molar-refractivity contribution >= 4 is 33.0 Å². The van der Waals surface area contributed by atoms with Crippen LogP contribution in [0.2, 0.25) is 5.15 Å². The van der Waals surface area contributed by atoms with Crippen molar-refractivity contribution in [2.75, 3.05) is 0 Å². The Hall–Kier alpha value is -1.02. The van der Waals surface area contributed by atoms with Gasteiger partial charge in [-0.05, 0) is 25.8 Å². The van der Waals surface area contributed by atoms with Gasteiger partial charge < -0.3 is 0 Å². The zero-order chi connectivity index (χ0) is 14.3. The Labute approximate surface area is 126 Å². The molecule has 8 heteroatoms. The monoisotopic (exact) mass is 329 g/mol. The zero-order valence-electron chi connectivity index (χ0n) is 10.6. The van der Waals surface area contributed by atoms with Crippen LogP contribution in [0, 0.1) is 6.92 Å². The normalized spacial score (nSPS) is 15.5. The van der Waals surface area contributed by atoms with Crippen molar-refractivity contribution in [2.24, 2.45) is 0 Å². The summed E-state index contributed by atoms with van der Waals surface area (Å²) < 4.78 is 27.1. The highest BCUT2D eigenvalue weighted by Gasteiger charge is 2.30. The molecule has 0 unspecified atom stereocenters. The van der Waals surface area contributed by atoms with Crippen LogP contribution in [0.3, 0.4) is 0 Å². The van der Waals surface area contributed by atoms with Gasteiger partial charge in [0, 0.05) is 17.8 Å². The lowest BCUT2D eigenvalue weighted by Crippen LogP contribution is -2.26. The molecule has 5 nitrogen and oxygen atoms in total. The Balaban J connectivity index is 2.05. The number of nitrogens with one attached hydrogen (secondary N) is 1. The second-order valence-corrected chi connectivity index (χ2v) is 7.57. The number of aromatic nitrogens is 2. The summed E-state index contributed by atoms with van der Waals surface area (Å²) in [4.78, 5) is 9.08. The highest BCUT2D eigenvalue weighted by atomic mass is 35.5. The lowest BCUT2D eigenvalue weighted by molar-refractivity contribution is 0.580. The molecule has 0 amide bonds. The number of rotatable bonds is 4. The van der Waals surface area contributed by atoms with Gasteiger partial charge >= 0.3 is 0 Å². The molecule has 106 valence electrons. The lowest BCUT2D eigenvalue weighted by Gasteiger charge is -2.08. The van der Waals surface area contributed by atoms with E-state index in [0.717, 1.165) is 23.4 Å². The molecule has 0 spiro atoms. The number of sulfonamides is 1. The van der Waals surface area contributed by atoms with E-state index in [2.05, 4.69) is 14.7 Å². The molecule has 1 aliphatic rings. The summed E-state index contributed by atoms with van der Waals surface area (Å²) in [5, 5.41) is -0.0101. The van der Waals surface area contributed by atoms with E-state index in [4.69, 9.17) is 11.6 Å². The van der Waals surface area contributed by atoms with Crippen molar-refractivity contribution < 1.29 is 8.42 Å². The third-order valence-corrected chi connectivity index (χ3v) is 5.93. The smallest absolute Gasteiger partial charge is 0.243 e. The molecule has 0 aliphatic heterocycles. The first-order valence-electron chi connectivity index (χ1n) is 6.06. The van der Waals surface area contributed by atoms with Crippen LogP contribution in [0.4, 0.5) is 0 Å². The molecule has 1 N–H and O–H groups in total. The largest absolute Gasteiger partial charge is 0.249 e. The molecular formula is C12H12ClN3O2S2. The highest BCUT2D eigenvalue weighted by molar-refractivity contribution is 7.89. The van der Waals surface area contributed by atoms with E-state index < -0.39 is 10.0 Å². The molecule has 0 radical (unpaired) electrons. The van der Waals surface area contributed by atoms with Crippen LogP contribution in [0.1, 0.15) is 18.5 Å². The second kappa shape index (κ2) is 5.07. The molecule has 1 aliphatic carbocycles.